The number of hydrogen-bond acceptors (Lipinski definition) is 6. The number of hydrogen-bond donors (Lipinski definition) is 0. The van der Waals surface area contributed by atoms with Gasteiger partial charge in [-0.2, -0.15) is 4.31 Å². The van der Waals surface area contributed by atoms with Gasteiger partial charge in [0, 0.05) is 57.4 Å². The number of nitro benzene ring substituents is 1. The first-order valence-electron chi connectivity index (χ1n) is 7.99. The number of non-ortho nitro benzene ring substituents is 1. The molecule has 0 amide bonds. The van der Waals surface area contributed by atoms with Gasteiger partial charge in [0.1, 0.15) is 0 Å². The molecule has 2 aliphatic heterocycles. The van der Waals surface area contributed by atoms with Crippen LogP contribution < -0.4 is 0 Å². The maximum absolute atomic E-state index is 12.4. The summed E-state index contributed by atoms with van der Waals surface area (Å²) in [5, 5.41) is 10.7. The SMILES string of the molecule is CN1CCN(C2CN(Cc3ccc([N+](=O)[O-])cc3)S(=O)(=O)C2)CC1. The summed E-state index contributed by atoms with van der Waals surface area (Å²) in [7, 11) is -1.21. The summed E-state index contributed by atoms with van der Waals surface area (Å²) in [6.45, 7) is 4.45. The fourth-order valence-electron chi connectivity index (χ4n) is 3.25. The van der Waals surface area contributed by atoms with Crippen LogP contribution in [-0.4, -0.2) is 79.0 Å². The number of piperazine rings is 1. The molecule has 2 heterocycles. The Morgan fingerprint density at radius 3 is 2.38 bits per heavy atom. The van der Waals surface area contributed by atoms with Crippen LogP contribution in [0, 0.1) is 10.1 Å². The molecule has 8 nitrogen and oxygen atoms in total. The molecular weight excluding hydrogens is 332 g/mol. The van der Waals surface area contributed by atoms with E-state index in [1.807, 2.05) is 0 Å². The van der Waals surface area contributed by atoms with Gasteiger partial charge in [0.25, 0.3) is 5.69 Å². The van der Waals surface area contributed by atoms with Gasteiger partial charge in [0.2, 0.25) is 10.0 Å². The van der Waals surface area contributed by atoms with E-state index >= 15 is 0 Å². The summed E-state index contributed by atoms with van der Waals surface area (Å²) >= 11 is 0. The van der Waals surface area contributed by atoms with Crippen molar-refractivity contribution in [3.8, 4) is 0 Å². The lowest BCUT2D eigenvalue weighted by molar-refractivity contribution is -0.384. The summed E-state index contributed by atoms with van der Waals surface area (Å²) < 4.78 is 26.4. The molecule has 1 aromatic carbocycles. The molecule has 0 radical (unpaired) electrons. The van der Waals surface area contributed by atoms with Crippen LogP contribution in [0.3, 0.4) is 0 Å². The Labute approximate surface area is 141 Å². The molecule has 24 heavy (non-hydrogen) atoms. The predicted molar refractivity (Wildman–Crippen MR) is 90.2 cm³/mol. The van der Waals surface area contributed by atoms with E-state index in [1.165, 1.54) is 16.4 Å². The normalized spacial score (nSPS) is 25.8. The van der Waals surface area contributed by atoms with E-state index in [0.717, 1.165) is 31.7 Å². The van der Waals surface area contributed by atoms with E-state index in [0.29, 0.717) is 6.54 Å². The highest BCUT2D eigenvalue weighted by atomic mass is 32.2. The quantitative estimate of drug-likeness (QED) is 0.573. The molecule has 0 bridgehead atoms. The van der Waals surface area contributed by atoms with Gasteiger partial charge in [0.15, 0.2) is 0 Å². The molecule has 0 N–H and O–H groups in total. The molecule has 3 rings (SSSR count). The van der Waals surface area contributed by atoms with Gasteiger partial charge < -0.3 is 4.90 Å². The van der Waals surface area contributed by atoms with Crippen molar-refractivity contribution in [1.29, 1.82) is 0 Å². The van der Waals surface area contributed by atoms with Crippen molar-refractivity contribution in [2.24, 2.45) is 0 Å². The van der Waals surface area contributed by atoms with Crippen molar-refractivity contribution < 1.29 is 13.3 Å². The van der Waals surface area contributed by atoms with Crippen LogP contribution in [0.1, 0.15) is 5.56 Å². The zero-order valence-corrected chi connectivity index (χ0v) is 14.5. The Kier molecular flexibility index (Phi) is 4.86. The lowest BCUT2D eigenvalue weighted by atomic mass is 10.2. The maximum Gasteiger partial charge on any atom is 0.269 e. The molecule has 132 valence electrons. The number of sulfonamides is 1. The Morgan fingerprint density at radius 2 is 1.79 bits per heavy atom. The van der Waals surface area contributed by atoms with Gasteiger partial charge in [-0.25, -0.2) is 8.42 Å². The molecule has 1 unspecified atom stereocenters. The summed E-state index contributed by atoms with van der Waals surface area (Å²) in [5.74, 6) is 0.156. The monoisotopic (exact) mass is 354 g/mol. The largest absolute Gasteiger partial charge is 0.304 e. The molecular formula is C15H22N4O4S. The van der Waals surface area contributed by atoms with Crippen molar-refractivity contribution >= 4 is 15.7 Å². The Balaban J connectivity index is 1.66. The standard InChI is InChI=1S/C15H22N4O4S/c1-16-6-8-17(9-7-16)15-11-18(24(22,23)12-15)10-13-2-4-14(5-3-13)19(20)21/h2-5,15H,6-12H2,1H3. The molecule has 0 saturated carbocycles. The molecule has 1 atom stereocenters. The average molecular weight is 354 g/mol. The summed E-state index contributed by atoms with van der Waals surface area (Å²) in [6, 6.07) is 6.10. The third-order valence-corrected chi connectivity index (χ3v) is 6.64. The van der Waals surface area contributed by atoms with Gasteiger partial charge in [-0.15, -0.1) is 0 Å². The van der Waals surface area contributed by atoms with Gasteiger partial charge in [0.05, 0.1) is 10.7 Å². The highest BCUT2D eigenvalue weighted by Crippen LogP contribution is 2.23. The van der Waals surface area contributed by atoms with Crippen molar-refractivity contribution in [3.05, 3.63) is 39.9 Å². The van der Waals surface area contributed by atoms with Crippen LogP contribution in [0.5, 0.6) is 0 Å². The Hall–Kier alpha value is -1.55. The molecule has 0 aromatic heterocycles. The second-order valence-electron chi connectivity index (χ2n) is 6.49. The number of rotatable bonds is 4. The van der Waals surface area contributed by atoms with Crippen molar-refractivity contribution in [2.75, 3.05) is 45.5 Å². The van der Waals surface area contributed by atoms with Crippen molar-refractivity contribution in [3.63, 3.8) is 0 Å². The first-order valence-corrected chi connectivity index (χ1v) is 9.60. The minimum atomic E-state index is -3.28. The molecule has 2 saturated heterocycles. The van der Waals surface area contributed by atoms with E-state index in [1.54, 1.807) is 12.1 Å². The molecule has 2 fully saturated rings. The molecule has 0 aliphatic carbocycles. The smallest absolute Gasteiger partial charge is 0.269 e. The minimum absolute atomic E-state index is 0.0124. The van der Waals surface area contributed by atoms with Crippen molar-refractivity contribution in [2.45, 2.75) is 12.6 Å². The van der Waals surface area contributed by atoms with Gasteiger partial charge in [-0.1, -0.05) is 12.1 Å². The summed E-state index contributed by atoms with van der Waals surface area (Å²) in [5.41, 5.74) is 0.779. The Morgan fingerprint density at radius 1 is 1.17 bits per heavy atom. The lowest BCUT2D eigenvalue weighted by Gasteiger charge is -2.35. The first-order chi connectivity index (χ1) is 11.3. The third-order valence-electron chi connectivity index (χ3n) is 4.77. The van der Waals surface area contributed by atoms with Gasteiger partial charge >= 0.3 is 0 Å². The van der Waals surface area contributed by atoms with Crippen LogP contribution in [0.2, 0.25) is 0 Å². The number of likely N-dealkylation sites (N-methyl/N-ethyl adjacent to an activating group) is 1. The predicted octanol–water partition coefficient (Wildman–Crippen LogP) is 0.356. The van der Waals surface area contributed by atoms with Gasteiger partial charge in [-0.3, -0.25) is 15.0 Å². The van der Waals surface area contributed by atoms with Gasteiger partial charge in [-0.05, 0) is 12.6 Å². The number of benzene rings is 1. The van der Waals surface area contributed by atoms with Crippen LogP contribution in [-0.2, 0) is 16.6 Å². The second kappa shape index (κ2) is 6.75. The Bertz CT molecular complexity index is 699. The van der Waals surface area contributed by atoms with E-state index in [4.69, 9.17) is 0 Å². The number of nitrogens with zero attached hydrogens (tertiary/aromatic N) is 4. The number of nitro groups is 1. The van der Waals surface area contributed by atoms with Crippen molar-refractivity contribution in [1.82, 2.24) is 14.1 Å². The first kappa shape index (κ1) is 17.3. The fourth-order valence-corrected chi connectivity index (χ4v) is 5.01. The van der Waals surface area contributed by atoms with E-state index in [2.05, 4.69) is 16.8 Å². The van der Waals surface area contributed by atoms with Crippen LogP contribution >= 0.6 is 0 Å². The molecule has 9 heteroatoms. The van der Waals surface area contributed by atoms with Crippen LogP contribution in [0.25, 0.3) is 0 Å². The maximum atomic E-state index is 12.4. The zero-order chi connectivity index (χ0) is 17.3. The average Bonchev–Trinajstić information content (AvgIpc) is 2.83. The third kappa shape index (κ3) is 3.75. The zero-order valence-electron chi connectivity index (χ0n) is 13.7. The van der Waals surface area contributed by atoms with E-state index in [-0.39, 0.29) is 24.0 Å². The molecule has 1 aromatic rings. The highest BCUT2D eigenvalue weighted by Gasteiger charge is 2.39. The topological polar surface area (TPSA) is 87.0 Å². The highest BCUT2D eigenvalue weighted by molar-refractivity contribution is 7.89. The lowest BCUT2D eigenvalue weighted by Crippen LogP contribution is -2.50. The summed E-state index contributed by atoms with van der Waals surface area (Å²) in [4.78, 5) is 14.7. The van der Waals surface area contributed by atoms with E-state index < -0.39 is 14.9 Å². The minimum Gasteiger partial charge on any atom is -0.304 e. The molecule has 0 spiro atoms. The molecule has 2 aliphatic rings. The van der Waals surface area contributed by atoms with Crippen LogP contribution in [0.15, 0.2) is 24.3 Å². The van der Waals surface area contributed by atoms with E-state index in [9.17, 15) is 18.5 Å². The second-order valence-corrected chi connectivity index (χ2v) is 8.50. The van der Waals surface area contributed by atoms with Crippen LogP contribution in [0.4, 0.5) is 5.69 Å². The summed E-state index contributed by atoms with van der Waals surface area (Å²) in [6.07, 6.45) is 0. The fraction of sp³-hybridized carbons (Fsp3) is 0.600.